The highest BCUT2D eigenvalue weighted by atomic mass is 16.5. The van der Waals surface area contributed by atoms with Crippen LogP contribution in [0.1, 0.15) is 31.6 Å². The van der Waals surface area contributed by atoms with Crippen molar-refractivity contribution in [1.29, 1.82) is 0 Å². The molecule has 1 saturated heterocycles. The number of aromatic nitrogens is 2. The van der Waals surface area contributed by atoms with Crippen LogP contribution in [0.2, 0.25) is 0 Å². The fourth-order valence-electron chi connectivity index (χ4n) is 2.38. The normalized spacial score (nSPS) is 20.7. The van der Waals surface area contributed by atoms with Gasteiger partial charge in [0.1, 0.15) is 0 Å². The molecule has 1 saturated carbocycles. The van der Waals surface area contributed by atoms with Gasteiger partial charge in [-0.05, 0) is 31.6 Å². The lowest BCUT2D eigenvalue weighted by Crippen LogP contribution is -2.29. The number of anilines is 1. The third-order valence-electron chi connectivity index (χ3n) is 3.77. The molecule has 0 atom stereocenters. The third kappa shape index (κ3) is 3.67. The lowest BCUT2D eigenvalue weighted by molar-refractivity contribution is 0.0682. The number of rotatable bonds is 6. The van der Waals surface area contributed by atoms with Crippen molar-refractivity contribution in [2.75, 3.05) is 31.7 Å². The molecule has 106 valence electrons. The molecule has 0 spiro atoms. The molecule has 0 radical (unpaired) electrons. The Balaban J connectivity index is 1.48. The van der Waals surface area contributed by atoms with Crippen LogP contribution in [0.25, 0.3) is 0 Å². The first kappa shape index (κ1) is 12.9. The summed E-state index contributed by atoms with van der Waals surface area (Å²) in [7, 11) is 2.01. The molecule has 1 aromatic rings. The Hall–Kier alpha value is -1.14. The van der Waals surface area contributed by atoms with E-state index >= 15 is 0 Å². The fraction of sp³-hybridized carbons (Fsp3) is 0.846. The average molecular weight is 266 g/mol. The van der Waals surface area contributed by atoms with Crippen molar-refractivity contribution in [3.05, 3.63) is 5.89 Å². The van der Waals surface area contributed by atoms with Crippen molar-refractivity contribution >= 4 is 6.01 Å². The van der Waals surface area contributed by atoms with Crippen LogP contribution in [0.15, 0.2) is 4.42 Å². The molecule has 0 unspecified atom stereocenters. The molecule has 1 aliphatic heterocycles. The Kier molecular flexibility index (Phi) is 3.98. The molecule has 3 rings (SSSR count). The summed E-state index contributed by atoms with van der Waals surface area (Å²) in [6, 6.07) is 1.29. The lowest BCUT2D eigenvalue weighted by Gasteiger charge is -2.25. The zero-order chi connectivity index (χ0) is 13.1. The predicted octanol–water partition coefficient (Wildman–Crippen LogP) is 1.18. The first-order chi connectivity index (χ1) is 9.31. The summed E-state index contributed by atoms with van der Waals surface area (Å²) in [5, 5.41) is 11.6. The first-order valence-corrected chi connectivity index (χ1v) is 7.16. The van der Waals surface area contributed by atoms with E-state index in [9.17, 15) is 0 Å². The number of ether oxygens (including phenoxy) is 1. The molecule has 6 heteroatoms. The van der Waals surface area contributed by atoms with Crippen LogP contribution in [0.5, 0.6) is 0 Å². The first-order valence-electron chi connectivity index (χ1n) is 7.16. The van der Waals surface area contributed by atoms with Gasteiger partial charge in [0.15, 0.2) is 0 Å². The van der Waals surface area contributed by atoms with Crippen molar-refractivity contribution in [1.82, 2.24) is 15.5 Å². The van der Waals surface area contributed by atoms with Gasteiger partial charge in [0, 0.05) is 32.8 Å². The molecule has 1 N–H and O–H groups in total. The summed E-state index contributed by atoms with van der Waals surface area (Å²) in [5.41, 5.74) is 0. The fourth-order valence-corrected chi connectivity index (χ4v) is 2.38. The second kappa shape index (κ2) is 5.88. The molecular formula is C13H22N4O2. The highest BCUT2D eigenvalue weighted by Gasteiger charge is 2.22. The summed E-state index contributed by atoms with van der Waals surface area (Å²) in [6.45, 7) is 3.39. The third-order valence-corrected chi connectivity index (χ3v) is 3.77. The van der Waals surface area contributed by atoms with Crippen molar-refractivity contribution in [3.63, 3.8) is 0 Å². The van der Waals surface area contributed by atoms with E-state index in [1.165, 1.54) is 12.8 Å². The van der Waals surface area contributed by atoms with Crippen LogP contribution >= 0.6 is 0 Å². The Labute approximate surface area is 113 Å². The number of nitrogens with zero attached hydrogens (tertiary/aromatic N) is 3. The molecule has 2 aliphatic rings. The van der Waals surface area contributed by atoms with Crippen LogP contribution < -0.4 is 10.2 Å². The molecule has 0 bridgehead atoms. The van der Waals surface area contributed by atoms with Gasteiger partial charge in [0.25, 0.3) is 0 Å². The van der Waals surface area contributed by atoms with Gasteiger partial charge in [0.2, 0.25) is 5.89 Å². The largest absolute Gasteiger partial charge is 0.407 e. The van der Waals surface area contributed by atoms with Gasteiger partial charge >= 0.3 is 6.01 Å². The van der Waals surface area contributed by atoms with Gasteiger partial charge in [-0.1, -0.05) is 5.10 Å². The Morgan fingerprint density at radius 3 is 2.74 bits per heavy atom. The summed E-state index contributed by atoms with van der Waals surface area (Å²) < 4.78 is 11.0. The highest BCUT2D eigenvalue weighted by Crippen LogP contribution is 2.21. The molecule has 1 aliphatic carbocycles. The minimum absolute atomic E-state index is 0.624. The smallest absolute Gasteiger partial charge is 0.317 e. The van der Waals surface area contributed by atoms with Crippen LogP contribution in [0, 0.1) is 5.92 Å². The van der Waals surface area contributed by atoms with Gasteiger partial charge in [0.05, 0.1) is 6.54 Å². The zero-order valence-corrected chi connectivity index (χ0v) is 11.5. The molecule has 2 heterocycles. The van der Waals surface area contributed by atoms with Crippen molar-refractivity contribution in [2.45, 2.75) is 38.3 Å². The minimum atomic E-state index is 0.624. The van der Waals surface area contributed by atoms with Crippen molar-refractivity contribution < 1.29 is 9.15 Å². The molecule has 19 heavy (non-hydrogen) atoms. The second-order valence-electron chi connectivity index (χ2n) is 5.57. The topological polar surface area (TPSA) is 63.4 Å². The molecule has 2 fully saturated rings. The highest BCUT2D eigenvalue weighted by molar-refractivity contribution is 5.22. The van der Waals surface area contributed by atoms with Gasteiger partial charge in [-0.3, -0.25) is 0 Å². The van der Waals surface area contributed by atoms with E-state index in [4.69, 9.17) is 9.15 Å². The molecule has 0 aromatic carbocycles. The van der Waals surface area contributed by atoms with Gasteiger partial charge in [-0.15, -0.1) is 5.10 Å². The van der Waals surface area contributed by atoms with E-state index in [1.807, 2.05) is 7.05 Å². The SMILES string of the molecule is CN(CC1CCOCC1)c1nnc(CNC2CC2)o1. The molecule has 6 nitrogen and oxygen atoms in total. The summed E-state index contributed by atoms with van der Waals surface area (Å²) in [6.07, 6.45) is 4.78. The van der Waals surface area contributed by atoms with Crippen LogP contribution in [-0.2, 0) is 11.3 Å². The predicted molar refractivity (Wildman–Crippen MR) is 71.0 cm³/mol. The minimum Gasteiger partial charge on any atom is -0.407 e. The summed E-state index contributed by atoms with van der Waals surface area (Å²) in [5.74, 6) is 1.35. The average Bonchev–Trinajstić information content (AvgIpc) is 3.14. The van der Waals surface area contributed by atoms with Crippen LogP contribution in [0.3, 0.4) is 0 Å². The quantitative estimate of drug-likeness (QED) is 0.834. The molecule has 1 aromatic heterocycles. The number of hydrogen-bond donors (Lipinski definition) is 1. The maximum atomic E-state index is 5.68. The Morgan fingerprint density at radius 2 is 2.00 bits per heavy atom. The van der Waals surface area contributed by atoms with E-state index in [2.05, 4.69) is 20.4 Å². The standard InChI is InChI=1S/C13H22N4O2/c1-17(9-10-4-6-18-7-5-10)13-16-15-12(19-13)8-14-11-2-3-11/h10-11,14H,2-9H2,1H3. The van der Waals surface area contributed by atoms with Gasteiger partial charge in [-0.25, -0.2) is 0 Å². The summed E-state index contributed by atoms with van der Waals surface area (Å²) >= 11 is 0. The van der Waals surface area contributed by atoms with E-state index < -0.39 is 0 Å². The van der Waals surface area contributed by atoms with E-state index in [0.717, 1.165) is 32.6 Å². The molecular weight excluding hydrogens is 244 g/mol. The van der Waals surface area contributed by atoms with E-state index in [1.54, 1.807) is 0 Å². The van der Waals surface area contributed by atoms with E-state index in [0.29, 0.717) is 30.4 Å². The van der Waals surface area contributed by atoms with Gasteiger partial charge < -0.3 is 19.4 Å². The number of nitrogens with one attached hydrogen (secondary N) is 1. The monoisotopic (exact) mass is 266 g/mol. The Morgan fingerprint density at radius 1 is 1.21 bits per heavy atom. The maximum Gasteiger partial charge on any atom is 0.317 e. The van der Waals surface area contributed by atoms with Crippen LogP contribution in [-0.4, -0.2) is 43.0 Å². The van der Waals surface area contributed by atoms with Crippen molar-refractivity contribution in [3.8, 4) is 0 Å². The second-order valence-corrected chi connectivity index (χ2v) is 5.57. The molecule has 0 amide bonds. The van der Waals surface area contributed by atoms with Crippen molar-refractivity contribution in [2.24, 2.45) is 5.92 Å². The number of hydrogen-bond acceptors (Lipinski definition) is 6. The summed E-state index contributed by atoms with van der Waals surface area (Å²) in [4.78, 5) is 2.06. The maximum absolute atomic E-state index is 5.68. The van der Waals surface area contributed by atoms with Gasteiger partial charge in [-0.2, -0.15) is 0 Å². The van der Waals surface area contributed by atoms with Crippen LogP contribution in [0.4, 0.5) is 6.01 Å². The van der Waals surface area contributed by atoms with E-state index in [-0.39, 0.29) is 0 Å². The lowest BCUT2D eigenvalue weighted by atomic mass is 10.0. The zero-order valence-electron chi connectivity index (χ0n) is 11.5. The Bertz CT molecular complexity index is 399.